The molecule has 0 spiro atoms. The van der Waals surface area contributed by atoms with Crippen LogP contribution in [0.4, 0.5) is 17.1 Å². The summed E-state index contributed by atoms with van der Waals surface area (Å²) in [5.74, 6) is 0.267. The Morgan fingerprint density at radius 2 is 1.34 bits per heavy atom. The largest absolute Gasteiger partial charge is 0.506 e. The maximum atomic E-state index is 10.9. The number of para-hydroxylation sites is 4. The lowest BCUT2D eigenvalue weighted by atomic mass is 10.2. The van der Waals surface area contributed by atoms with Gasteiger partial charge < -0.3 is 19.9 Å². The minimum absolute atomic E-state index is 0.267. The number of fused-ring (bicyclic) bond motifs is 4. The van der Waals surface area contributed by atoms with Crippen molar-refractivity contribution in [1.82, 2.24) is 4.57 Å². The van der Waals surface area contributed by atoms with E-state index >= 15 is 0 Å². The Hall–Kier alpha value is -3.92. The molecule has 0 saturated heterocycles. The molecule has 1 aromatic heterocycles. The lowest BCUT2D eigenvalue weighted by Gasteiger charge is -2.20. The number of nitrogens with zero attached hydrogens (tertiary/aromatic N) is 2. The maximum Gasteiger partial charge on any atom is 0.141 e. The number of aromatic hydroxyl groups is 1. The molecule has 0 amide bonds. The Balaban J connectivity index is 1.53. The predicted octanol–water partition coefficient (Wildman–Crippen LogP) is 6.01. The molecule has 4 heteroatoms. The number of benzene rings is 4. The van der Waals surface area contributed by atoms with Crippen LogP contribution < -0.4 is 10.2 Å². The molecule has 2 heterocycles. The van der Waals surface area contributed by atoms with Crippen molar-refractivity contribution in [2.45, 2.75) is 0 Å². The molecule has 0 bridgehead atoms. The minimum Gasteiger partial charge on any atom is -0.506 e. The maximum absolute atomic E-state index is 10.9. The van der Waals surface area contributed by atoms with E-state index < -0.39 is 0 Å². The van der Waals surface area contributed by atoms with Crippen LogP contribution in [-0.4, -0.2) is 16.3 Å². The summed E-state index contributed by atoms with van der Waals surface area (Å²) in [7, 11) is 0. The van der Waals surface area contributed by atoms with Gasteiger partial charge in [0.2, 0.25) is 0 Å². The van der Waals surface area contributed by atoms with Crippen molar-refractivity contribution in [2.75, 3.05) is 16.9 Å². The van der Waals surface area contributed by atoms with Gasteiger partial charge in [0, 0.05) is 16.8 Å². The average Bonchev–Trinajstić information content (AvgIpc) is 3.33. The normalized spacial score (nSPS) is 13.0. The van der Waals surface area contributed by atoms with Crippen molar-refractivity contribution < 1.29 is 5.11 Å². The van der Waals surface area contributed by atoms with E-state index in [1.165, 1.54) is 10.8 Å². The summed E-state index contributed by atoms with van der Waals surface area (Å²) in [6, 6.07) is 30.9. The van der Waals surface area contributed by atoms with Crippen LogP contribution in [0.2, 0.25) is 0 Å². The second kappa shape index (κ2) is 6.04. The number of aromatic nitrogens is 1. The van der Waals surface area contributed by atoms with E-state index in [-0.39, 0.29) is 5.75 Å². The van der Waals surface area contributed by atoms with Crippen LogP contribution in [0.15, 0.2) is 91.0 Å². The van der Waals surface area contributed by atoms with E-state index in [1.54, 1.807) is 0 Å². The highest BCUT2D eigenvalue weighted by atomic mass is 16.3. The van der Waals surface area contributed by atoms with Crippen LogP contribution in [0.1, 0.15) is 0 Å². The molecule has 4 nitrogen and oxygen atoms in total. The lowest BCUT2D eigenvalue weighted by Crippen LogP contribution is -2.16. The molecule has 0 aliphatic carbocycles. The van der Waals surface area contributed by atoms with E-state index in [1.807, 2.05) is 24.3 Å². The van der Waals surface area contributed by atoms with E-state index in [2.05, 4.69) is 81.5 Å². The fourth-order valence-corrected chi connectivity index (χ4v) is 4.40. The first-order chi connectivity index (χ1) is 14.3. The van der Waals surface area contributed by atoms with Crippen LogP contribution in [0, 0.1) is 0 Å². The molecule has 29 heavy (non-hydrogen) atoms. The molecule has 0 fully saturated rings. The molecule has 0 unspecified atom stereocenters. The zero-order valence-electron chi connectivity index (χ0n) is 15.7. The Bertz CT molecular complexity index is 1330. The summed E-state index contributed by atoms with van der Waals surface area (Å²) in [5.41, 5.74) is 6.17. The second-order valence-corrected chi connectivity index (χ2v) is 7.32. The number of phenols is 1. The number of anilines is 3. The van der Waals surface area contributed by atoms with Crippen molar-refractivity contribution in [2.24, 2.45) is 0 Å². The van der Waals surface area contributed by atoms with Crippen LogP contribution in [0.5, 0.6) is 5.75 Å². The first kappa shape index (κ1) is 16.1. The molecular formula is C25H19N3O. The summed E-state index contributed by atoms with van der Waals surface area (Å²) >= 11 is 0. The number of phenolic OH excluding ortho intramolecular Hbond substituents is 1. The van der Waals surface area contributed by atoms with Crippen LogP contribution in [0.25, 0.3) is 27.5 Å². The topological polar surface area (TPSA) is 40.4 Å². The lowest BCUT2D eigenvalue weighted by molar-refractivity contribution is 0.475. The summed E-state index contributed by atoms with van der Waals surface area (Å²) in [6.07, 6.45) is 0. The van der Waals surface area contributed by atoms with Crippen LogP contribution in [0.3, 0.4) is 0 Å². The third-order valence-corrected chi connectivity index (χ3v) is 5.71. The SMILES string of the molecule is Oc1cc(-n2c3ccccc3c3ccccc32)ccc1N1CNc2ccccc21. The third kappa shape index (κ3) is 2.32. The van der Waals surface area contributed by atoms with Crippen LogP contribution >= 0.6 is 0 Å². The van der Waals surface area contributed by atoms with Gasteiger partial charge in [0.15, 0.2) is 0 Å². The molecule has 1 aliphatic rings. The van der Waals surface area contributed by atoms with Crippen molar-refractivity contribution in [3.63, 3.8) is 0 Å². The average molecular weight is 377 g/mol. The van der Waals surface area contributed by atoms with Gasteiger partial charge in [-0.2, -0.15) is 0 Å². The van der Waals surface area contributed by atoms with Crippen molar-refractivity contribution in [3.8, 4) is 11.4 Å². The fourth-order valence-electron chi connectivity index (χ4n) is 4.40. The molecule has 6 rings (SSSR count). The Morgan fingerprint density at radius 1 is 0.690 bits per heavy atom. The van der Waals surface area contributed by atoms with Gasteiger partial charge in [-0.15, -0.1) is 0 Å². The van der Waals surface area contributed by atoms with Gasteiger partial charge in [-0.05, 0) is 36.4 Å². The van der Waals surface area contributed by atoms with E-state index in [9.17, 15) is 5.11 Å². The smallest absolute Gasteiger partial charge is 0.141 e. The minimum atomic E-state index is 0.267. The summed E-state index contributed by atoms with van der Waals surface area (Å²) in [4.78, 5) is 2.10. The zero-order valence-corrected chi connectivity index (χ0v) is 15.7. The van der Waals surface area contributed by atoms with Crippen molar-refractivity contribution in [1.29, 1.82) is 0 Å². The summed E-state index contributed by atoms with van der Waals surface area (Å²) < 4.78 is 2.21. The van der Waals surface area contributed by atoms with Crippen molar-refractivity contribution in [3.05, 3.63) is 91.0 Å². The Morgan fingerprint density at radius 3 is 2.07 bits per heavy atom. The molecule has 4 aromatic carbocycles. The number of rotatable bonds is 2. The third-order valence-electron chi connectivity index (χ3n) is 5.71. The highest BCUT2D eigenvalue weighted by molar-refractivity contribution is 6.09. The van der Waals surface area contributed by atoms with Gasteiger partial charge in [0.25, 0.3) is 0 Å². The van der Waals surface area contributed by atoms with E-state index in [0.717, 1.165) is 33.8 Å². The first-order valence-electron chi connectivity index (χ1n) is 9.73. The molecule has 1 aliphatic heterocycles. The predicted molar refractivity (Wildman–Crippen MR) is 120 cm³/mol. The molecule has 0 saturated carbocycles. The standard InChI is InChI=1S/C25H19N3O/c29-25-15-17(13-14-24(25)27-16-26-20-9-3-6-12-23(20)27)28-21-10-4-1-7-18(21)19-8-2-5-11-22(19)28/h1-15,26,29H,16H2. The van der Waals surface area contributed by atoms with Gasteiger partial charge in [0.1, 0.15) is 5.75 Å². The first-order valence-corrected chi connectivity index (χ1v) is 9.73. The van der Waals surface area contributed by atoms with Gasteiger partial charge in [-0.25, -0.2) is 0 Å². The highest BCUT2D eigenvalue weighted by Gasteiger charge is 2.22. The van der Waals surface area contributed by atoms with Gasteiger partial charge in [0.05, 0.1) is 40.5 Å². The molecule has 2 N–H and O–H groups in total. The number of hydrogen-bond donors (Lipinski definition) is 2. The second-order valence-electron chi connectivity index (χ2n) is 7.32. The zero-order chi connectivity index (χ0) is 19.4. The van der Waals surface area contributed by atoms with Gasteiger partial charge in [-0.1, -0.05) is 48.5 Å². The molecule has 5 aromatic rings. The molecular weight excluding hydrogens is 358 g/mol. The summed E-state index contributed by atoms with van der Waals surface area (Å²) in [5, 5.41) is 16.7. The Labute approximate surface area is 168 Å². The molecule has 0 radical (unpaired) electrons. The summed E-state index contributed by atoms with van der Waals surface area (Å²) in [6.45, 7) is 0.641. The monoisotopic (exact) mass is 377 g/mol. The van der Waals surface area contributed by atoms with Crippen molar-refractivity contribution >= 4 is 38.9 Å². The number of nitrogens with one attached hydrogen (secondary N) is 1. The molecule has 0 atom stereocenters. The molecule has 140 valence electrons. The van der Waals surface area contributed by atoms with E-state index in [0.29, 0.717) is 6.67 Å². The number of hydrogen-bond acceptors (Lipinski definition) is 3. The quantitative estimate of drug-likeness (QED) is 0.396. The van der Waals surface area contributed by atoms with E-state index in [4.69, 9.17) is 0 Å². The Kier molecular flexibility index (Phi) is 3.35. The van der Waals surface area contributed by atoms with Gasteiger partial charge >= 0.3 is 0 Å². The highest BCUT2D eigenvalue weighted by Crippen LogP contribution is 2.42. The van der Waals surface area contributed by atoms with Gasteiger partial charge in [-0.3, -0.25) is 0 Å². The fraction of sp³-hybridized carbons (Fsp3) is 0.0400. The van der Waals surface area contributed by atoms with Crippen LogP contribution in [-0.2, 0) is 0 Å².